The van der Waals surface area contributed by atoms with Crippen LogP contribution in [0.5, 0.6) is 0 Å². The zero-order chi connectivity index (χ0) is 15.3. The fraction of sp³-hybridized carbons (Fsp3) is 0.750. The van der Waals surface area contributed by atoms with Gasteiger partial charge in [-0.2, -0.15) is 0 Å². The lowest BCUT2D eigenvalue weighted by Gasteiger charge is -2.59. The third kappa shape index (κ3) is 1.95. The first-order valence-corrected chi connectivity index (χ1v) is 8.55. The number of ketones is 1. The summed E-state index contributed by atoms with van der Waals surface area (Å²) in [6.45, 7) is 8.76. The van der Waals surface area contributed by atoms with Crippen LogP contribution >= 0.6 is 0 Å². The zero-order valence-electron chi connectivity index (χ0n) is 14.0. The minimum Gasteiger partial charge on any atom is -0.299 e. The van der Waals surface area contributed by atoms with Crippen molar-refractivity contribution in [2.75, 3.05) is 0 Å². The van der Waals surface area contributed by atoms with Crippen molar-refractivity contribution in [2.45, 2.75) is 72.6 Å². The van der Waals surface area contributed by atoms with Crippen molar-refractivity contribution in [2.24, 2.45) is 22.2 Å². The number of fused-ring (bicyclic) bond motifs is 3. The molecule has 21 heavy (non-hydrogen) atoms. The van der Waals surface area contributed by atoms with E-state index in [1.807, 2.05) is 6.92 Å². The van der Waals surface area contributed by atoms with Crippen LogP contribution in [0.25, 0.3) is 0 Å². The van der Waals surface area contributed by atoms with Crippen molar-refractivity contribution in [3.8, 4) is 11.8 Å². The Balaban J connectivity index is 2.10. The van der Waals surface area contributed by atoms with Crippen molar-refractivity contribution in [3.63, 3.8) is 0 Å². The van der Waals surface area contributed by atoms with Gasteiger partial charge >= 0.3 is 0 Å². The van der Waals surface area contributed by atoms with E-state index < -0.39 is 0 Å². The van der Waals surface area contributed by atoms with Gasteiger partial charge in [-0.1, -0.05) is 32.8 Å². The van der Waals surface area contributed by atoms with Crippen LogP contribution in [0.1, 0.15) is 72.6 Å². The molecule has 0 aromatic heterocycles. The Hall–Kier alpha value is -1.03. The number of Topliss-reactive ketones (excluding diaryl/α,β-unsaturated/α-hetero) is 1. The van der Waals surface area contributed by atoms with Gasteiger partial charge in [-0.05, 0) is 62.4 Å². The van der Waals surface area contributed by atoms with Gasteiger partial charge in [0.25, 0.3) is 0 Å². The van der Waals surface area contributed by atoms with E-state index in [1.54, 1.807) is 5.57 Å². The Morgan fingerprint density at radius 1 is 1.19 bits per heavy atom. The number of carbonyl (C=O) groups excluding carboxylic acids is 1. The molecular formula is C20H28O. The molecule has 0 spiro atoms. The molecule has 0 aromatic carbocycles. The van der Waals surface area contributed by atoms with Gasteiger partial charge in [-0.3, -0.25) is 4.79 Å². The third-order valence-electron chi connectivity index (χ3n) is 6.74. The summed E-state index contributed by atoms with van der Waals surface area (Å²) >= 11 is 0. The maximum absolute atomic E-state index is 12.4. The Kier molecular flexibility index (Phi) is 3.36. The Morgan fingerprint density at radius 3 is 2.67 bits per heavy atom. The standard InChI is InChI=1S/C20H28O/c1-5-11-20-12-7-6-8-16(20)19(4)13-10-17(21)18(2,3)15(19)9-14-20/h8,15H,6-7,9-10,12-14H2,1-4H3/t15-,19-,20+/m0/s1. The van der Waals surface area contributed by atoms with E-state index in [0.29, 0.717) is 11.7 Å². The van der Waals surface area contributed by atoms with Crippen LogP contribution in [0, 0.1) is 34.0 Å². The average molecular weight is 284 g/mol. The first kappa shape index (κ1) is 14.9. The summed E-state index contributed by atoms with van der Waals surface area (Å²) in [6.07, 6.45) is 10.2. The fourth-order valence-corrected chi connectivity index (χ4v) is 5.70. The molecule has 3 aliphatic carbocycles. The summed E-state index contributed by atoms with van der Waals surface area (Å²) in [7, 11) is 0. The maximum atomic E-state index is 12.4. The monoisotopic (exact) mass is 284 g/mol. The molecule has 3 atom stereocenters. The lowest BCUT2D eigenvalue weighted by Crippen LogP contribution is -2.54. The van der Waals surface area contributed by atoms with Crippen LogP contribution in [-0.4, -0.2) is 5.78 Å². The molecule has 0 aromatic rings. The summed E-state index contributed by atoms with van der Waals surface area (Å²) < 4.78 is 0. The molecule has 0 aliphatic heterocycles. The van der Waals surface area contributed by atoms with E-state index in [-0.39, 0.29) is 16.2 Å². The van der Waals surface area contributed by atoms with Crippen LogP contribution in [0.3, 0.4) is 0 Å². The van der Waals surface area contributed by atoms with Crippen molar-refractivity contribution in [1.82, 2.24) is 0 Å². The second-order valence-electron chi connectivity index (χ2n) is 8.12. The van der Waals surface area contributed by atoms with Gasteiger partial charge < -0.3 is 0 Å². The van der Waals surface area contributed by atoms with E-state index in [9.17, 15) is 4.79 Å². The Morgan fingerprint density at radius 2 is 1.95 bits per heavy atom. The first-order chi connectivity index (χ1) is 9.87. The molecule has 3 aliphatic rings. The average Bonchev–Trinajstić information content (AvgIpc) is 2.44. The second-order valence-corrected chi connectivity index (χ2v) is 8.12. The lowest BCUT2D eigenvalue weighted by atomic mass is 9.44. The van der Waals surface area contributed by atoms with Gasteiger partial charge in [0.05, 0.1) is 5.41 Å². The van der Waals surface area contributed by atoms with E-state index in [0.717, 1.165) is 25.7 Å². The molecule has 2 fully saturated rings. The summed E-state index contributed by atoms with van der Waals surface area (Å²) in [5, 5.41) is 0. The highest BCUT2D eigenvalue weighted by Crippen LogP contribution is 2.65. The predicted molar refractivity (Wildman–Crippen MR) is 86.7 cm³/mol. The lowest BCUT2D eigenvalue weighted by molar-refractivity contribution is -0.141. The fourth-order valence-electron chi connectivity index (χ4n) is 5.70. The van der Waals surface area contributed by atoms with Crippen LogP contribution < -0.4 is 0 Å². The third-order valence-corrected chi connectivity index (χ3v) is 6.74. The van der Waals surface area contributed by atoms with Crippen molar-refractivity contribution in [3.05, 3.63) is 11.6 Å². The SMILES string of the molecule is CC#C[C@]12CCCC=C1[C@@]1(C)CCC(=O)C(C)(C)[C@@H]1CC2. The second kappa shape index (κ2) is 4.73. The van der Waals surface area contributed by atoms with Gasteiger partial charge in [0.15, 0.2) is 0 Å². The van der Waals surface area contributed by atoms with Crippen molar-refractivity contribution >= 4 is 5.78 Å². The molecule has 3 rings (SSSR count). The molecule has 114 valence electrons. The zero-order valence-corrected chi connectivity index (χ0v) is 14.0. The van der Waals surface area contributed by atoms with Gasteiger partial charge in [-0.25, -0.2) is 0 Å². The highest BCUT2D eigenvalue weighted by molar-refractivity contribution is 5.85. The summed E-state index contributed by atoms with van der Waals surface area (Å²) in [5.41, 5.74) is 1.72. The minimum absolute atomic E-state index is 0.120. The Labute approximate surface area is 129 Å². The molecule has 2 saturated carbocycles. The first-order valence-electron chi connectivity index (χ1n) is 8.55. The van der Waals surface area contributed by atoms with Crippen LogP contribution in [0.15, 0.2) is 11.6 Å². The van der Waals surface area contributed by atoms with Gasteiger partial charge in [0.2, 0.25) is 0 Å². The molecule has 0 radical (unpaired) electrons. The molecule has 1 heteroatoms. The van der Waals surface area contributed by atoms with E-state index in [2.05, 4.69) is 38.7 Å². The number of allylic oxidation sites excluding steroid dienone is 2. The summed E-state index contributed by atoms with van der Waals surface area (Å²) in [6, 6.07) is 0. The van der Waals surface area contributed by atoms with Gasteiger partial charge in [0, 0.05) is 11.8 Å². The van der Waals surface area contributed by atoms with Crippen LogP contribution in [0.2, 0.25) is 0 Å². The Bertz CT molecular complexity index is 556. The number of rotatable bonds is 0. The predicted octanol–water partition coefficient (Wildman–Crippen LogP) is 4.91. The summed E-state index contributed by atoms with van der Waals surface area (Å²) in [4.78, 5) is 12.4. The van der Waals surface area contributed by atoms with Crippen LogP contribution in [0.4, 0.5) is 0 Å². The number of carbonyl (C=O) groups is 1. The smallest absolute Gasteiger partial charge is 0.138 e. The molecular weight excluding hydrogens is 256 g/mol. The molecule has 1 nitrogen and oxygen atoms in total. The van der Waals surface area contributed by atoms with Gasteiger partial charge in [0.1, 0.15) is 5.78 Å². The largest absolute Gasteiger partial charge is 0.299 e. The number of hydrogen-bond donors (Lipinski definition) is 0. The van der Waals surface area contributed by atoms with Crippen molar-refractivity contribution < 1.29 is 4.79 Å². The highest BCUT2D eigenvalue weighted by atomic mass is 16.1. The molecule has 0 amide bonds. The van der Waals surface area contributed by atoms with Crippen molar-refractivity contribution in [1.29, 1.82) is 0 Å². The molecule has 0 N–H and O–H groups in total. The maximum Gasteiger partial charge on any atom is 0.138 e. The number of hydrogen-bond acceptors (Lipinski definition) is 1. The van der Waals surface area contributed by atoms with E-state index >= 15 is 0 Å². The minimum atomic E-state index is -0.170. The molecule has 0 saturated heterocycles. The molecule has 0 bridgehead atoms. The quantitative estimate of drug-likeness (QED) is 0.456. The van der Waals surface area contributed by atoms with Gasteiger partial charge in [-0.15, -0.1) is 5.92 Å². The van der Waals surface area contributed by atoms with Crippen LogP contribution in [-0.2, 0) is 4.79 Å². The highest BCUT2D eigenvalue weighted by Gasteiger charge is 2.58. The van der Waals surface area contributed by atoms with E-state index in [1.165, 1.54) is 19.3 Å². The topological polar surface area (TPSA) is 17.1 Å². The molecule has 0 heterocycles. The normalized spacial score (nSPS) is 41.2. The molecule has 0 unspecified atom stereocenters. The van der Waals surface area contributed by atoms with E-state index in [4.69, 9.17) is 0 Å². The summed E-state index contributed by atoms with van der Waals surface area (Å²) in [5.74, 6) is 7.76.